The molecule has 0 amide bonds. The third-order valence-corrected chi connectivity index (χ3v) is 11.6. The number of hydrogen-bond donors (Lipinski definition) is 0. The third kappa shape index (κ3) is 7.35. The number of aromatic nitrogens is 1. The van der Waals surface area contributed by atoms with Crippen LogP contribution in [0, 0.1) is 23.5 Å². The molecular formula is C41H48Br2F2N2O. The predicted molar refractivity (Wildman–Crippen MR) is 191 cm³/mol. The normalized spacial score (nSPS) is 23.1. The lowest BCUT2D eigenvalue weighted by molar-refractivity contribution is -0.985. The number of piperidine rings is 3. The molecule has 0 saturated carbocycles. The van der Waals surface area contributed by atoms with E-state index >= 15 is 0 Å². The van der Waals surface area contributed by atoms with Gasteiger partial charge in [0.05, 0.1) is 25.2 Å². The summed E-state index contributed by atoms with van der Waals surface area (Å²) >= 11 is 4.00. The Morgan fingerprint density at radius 1 is 1.00 bits per heavy atom. The molecule has 3 aliphatic rings. The van der Waals surface area contributed by atoms with E-state index in [4.69, 9.17) is 9.72 Å². The molecule has 48 heavy (non-hydrogen) atoms. The molecule has 0 spiro atoms. The number of benzene rings is 3. The van der Waals surface area contributed by atoms with Crippen LogP contribution in [-0.4, -0.2) is 28.6 Å². The fraction of sp³-hybridized carbons (Fsp3) is 0.439. The molecule has 3 fully saturated rings. The molecule has 0 N–H and O–H groups in total. The van der Waals surface area contributed by atoms with Crippen LogP contribution < -0.4 is 17.0 Å². The first-order chi connectivity index (χ1) is 22.2. The highest BCUT2D eigenvalue weighted by molar-refractivity contribution is 9.10. The minimum atomic E-state index is -0.534. The van der Waals surface area contributed by atoms with Gasteiger partial charge in [-0.15, -0.1) is 6.58 Å². The molecule has 7 heteroatoms. The zero-order valence-electron chi connectivity index (χ0n) is 29.0. The number of ether oxygens (including phenoxy) is 1. The average Bonchev–Trinajstić information content (AvgIpc) is 3.00. The molecular weight excluding hydrogens is 734 g/mol. The SMILES string of the molecule is C=C[C@H]1C[N@+]2(Cc3cc(F)cc(F)c3)CC[C@H]1C[C@@H]2[C@@H](OCc1cc(C(C)(C)C)cc(C(C)(C)C)c1Br)c1ccnc2ccccc12.[Br-]. The van der Waals surface area contributed by atoms with Gasteiger partial charge in [-0.25, -0.2) is 8.78 Å². The molecule has 4 heterocycles. The van der Waals surface area contributed by atoms with E-state index in [0.717, 1.165) is 58.5 Å². The van der Waals surface area contributed by atoms with Gasteiger partial charge in [0.15, 0.2) is 0 Å². The van der Waals surface area contributed by atoms with Gasteiger partial charge < -0.3 is 26.2 Å². The molecule has 3 saturated heterocycles. The van der Waals surface area contributed by atoms with E-state index in [9.17, 15) is 8.78 Å². The Balaban J connectivity index is 0.00000451. The van der Waals surface area contributed by atoms with Crippen molar-refractivity contribution in [2.24, 2.45) is 11.8 Å². The van der Waals surface area contributed by atoms with Crippen LogP contribution in [0.1, 0.15) is 88.3 Å². The summed E-state index contributed by atoms with van der Waals surface area (Å²) in [6, 6.07) is 19.0. The highest BCUT2D eigenvalue weighted by Gasteiger charge is 2.54. The summed E-state index contributed by atoms with van der Waals surface area (Å²) in [6.45, 7) is 20.5. The maximum Gasteiger partial charge on any atom is 0.135 e. The molecule has 3 aromatic carbocycles. The van der Waals surface area contributed by atoms with E-state index in [1.54, 1.807) is 0 Å². The van der Waals surface area contributed by atoms with Crippen molar-refractivity contribution in [3.05, 3.63) is 123 Å². The number of para-hydroxylation sites is 1. The first kappa shape index (κ1) is 36.8. The molecule has 2 bridgehead atoms. The molecule has 3 aliphatic heterocycles. The van der Waals surface area contributed by atoms with Gasteiger partial charge in [0.1, 0.15) is 30.3 Å². The Kier molecular flexibility index (Phi) is 10.8. The van der Waals surface area contributed by atoms with Gasteiger partial charge in [0.2, 0.25) is 0 Å². The fourth-order valence-electron chi connectivity index (χ4n) is 8.15. The van der Waals surface area contributed by atoms with Crippen LogP contribution in [0.5, 0.6) is 0 Å². The lowest BCUT2D eigenvalue weighted by Crippen LogP contribution is -3.00. The van der Waals surface area contributed by atoms with Gasteiger partial charge in [-0.2, -0.15) is 0 Å². The van der Waals surface area contributed by atoms with Crippen LogP contribution in [0.2, 0.25) is 0 Å². The van der Waals surface area contributed by atoms with E-state index in [2.05, 4.69) is 107 Å². The lowest BCUT2D eigenvalue weighted by Gasteiger charge is -2.58. The number of nitrogens with zero attached hydrogens (tertiary/aromatic N) is 2. The molecule has 4 aromatic rings. The van der Waals surface area contributed by atoms with Crippen molar-refractivity contribution in [1.29, 1.82) is 0 Å². The standard InChI is InChI=1S/C41H48BrF2N2O.BrH/c1-8-27-24-46(23-26-17-31(43)22-32(44)18-26)16-14-28(27)20-37(46)39(34-13-15-45-36-12-10-9-11-33(34)36)47-25-29-19-30(40(2,3)4)21-35(38(29)42)41(5,6)7;/h8-13,15,17-19,21-22,27-28,37,39H,1,14,16,20,23-25H2,2-7H3;1H/q+1;/p-1/t27-,28-,37+,39-,46+;/m0./s1. The van der Waals surface area contributed by atoms with E-state index in [1.165, 1.54) is 23.3 Å². The van der Waals surface area contributed by atoms with E-state index in [0.29, 0.717) is 35.0 Å². The number of rotatable bonds is 8. The first-order valence-corrected chi connectivity index (χ1v) is 17.7. The molecule has 1 aromatic heterocycles. The van der Waals surface area contributed by atoms with Crippen molar-refractivity contribution in [2.75, 3.05) is 13.1 Å². The van der Waals surface area contributed by atoms with Crippen molar-refractivity contribution in [1.82, 2.24) is 4.98 Å². The van der Waals surface area contributed by atoms with Crippen LogP contribution in [0.3, 0.4) is 0 Å². The van der Waals surface area contributed by atoms with Crippen LogP contribution in [-0.2, 0) is 28.7 Å². The highest BCUT2D eigenvalue weighted by atomic mass is 79.9. The van der Waals surface area contributed by atoms with Gasteiger partial charge >= 0.3 is 0 Å². The topological polar surface area (TPSA) is 22.1 Å². The minimum absolute atomic E-state index is 0. The second-order valence-electron chi connectivity index (χ2n) is 16.0. The summed E-state index contributed by atoms with van der Waals surface area (Å²) < 4.78 is 38.1. The van der Waals surface area contributed by atoms with Gasteiger partial charge in [-0.3, -0.25) is 4.98 Å². The second-order valence-corrected chi connectivity index (χ2v) is 16.8. The van der Waals surface area contributed by atoms with Crippen molar-refractivity contribution < 1.29 is 35.0 Å². The maximum atomic E-state index is 14.5. The Bertz CT molecular complexity index is 1770. The Morgan fingerprint density at radius 2 is 1.71 bits per heavy atom. The summed E-state index contributed by atoms with van der Waals surface area (Å²) in [7, 11) is 0. The highest BCUT2D eigenvalue weighted by Crippen LogP contribution is 2.49. The van der Waals surface area contributed by atoms with Crippen LogP contribution in [0.4, 0.5) is 8.78 Å². The molecule has 0 aliphatic carbocycles. The molecule has 256 valence electrons. The number of pyridine rings is 1. The summed E-state index contributed by atoms with van der Waals surface area (Å²) in [4.78, 5) is 4.69. The van der Waals surface area contributed by atoms with Crippen LogP contribution in [0.25, 0.3) is 10.9 Å². The molecule has 5 atom stereocenters. The molecule has 7 rings (SSSR count). The zero-order valence-corrected chi connectivity index (χ0v) is 32.2. The smallest absolute Gasteiger partial charge is 0.135 e. The van der Waals surface area contributed by atoms with Gasteiger partial charge in [0.25, 0.3) is 0 Å². The Morgan fingerprint density at radius 3 is 2.38 bits per heavy atom. The minimum Gasteiger partial charge on any atom is -1.00 e. The summed E-state index contributed by atoms with van der Waals surface area (Å²) in [5, 5.41) is 1.08. The summed E-state index contributed by atoms with van der Waals surface area (Å²) in [6.07, 6.45) is 5.73. The van der Waals surface area contributed by atoms with Crippen LogP contribution in [0.15, 0.2) is 84.0 Å². The number of quaternary nitrogens is 1. The summed E-state index contributed by atoms with van der Waals surface area (Å²) in [5.41, 5.74) is 6.32. The number of halogens is 4. The van der Waals surface area contributed by atoms with Crippen molar-refractivity contribution in [2.45, 2.75) is 90.5 Å². The summed E-state index contributed by atoms with van der Waals surface area (Å²) in [5.74, 6) is -0.231. The largest absolute Gasteiger partial charge is 1.00 e. The average molecular weight is 783 g/mol. The Labute approximate surface area is 304 Å². The lowest BCUT2D eigenvalue weighted by atomic mass is 9.71. The zero-order chi connectivity index (χ0) is 33.7. The quantitative estimate of drug-likeness (QED) is 0.135. The van der Waals surface area contributed by atoms with Crippen molar-refractivity contribution >= 4 is 26.8 Å². The van der Waals surface area contributed by atoms with E-state index < -0.39 is 11.6 Å². The van der Waals surface area contributed by atoms with Crippen molar-refractivity contribution in [3.8, 4) is 0 Å². The number of fused-ring (bicyclic) bond motifs is 4. The van der Waals surface area contributed by atoms with Gasteiger partial charge in [0, 0.05) is 46.4 Å². The Hall–Kier alpha value is -2.45. The molecule has 0 radical (unpaired) electrons. The predicted octanol–water partition coefficient (Wildman–Crippen LogP) is 7.74. The van der Waals surface area contributed by atoms with Crippen LogP contribution >= 0.6 is 15.9 Å². The van der Waals surface area contributed by atoms with E-state index in [1.807, 2.05) is 12.3 Å². The fourth-order valence-corrected chi connectivity index (χ4v) is 9.09. The van der Waals surface area contributed by atoms with E-state index in [-0.39, 0.29) is 40.0 Å². The van der Waals surface area contributed by atoms with Gasteiger partial charge in [-0.1, -0.05) is 93.9 Å². The molecule has 3 nitrogen and oxygen atoms in total. The second kappa shape index (κ2) is 14.0. The molecule has 0 unspecified atom stereocenters. The first-order valence-electron chi connectivity index (χ1n) is 16.9. The maximum absolute atomic E-state index is 14.5. The van der Waals surface area contributed by atoms with Gasteiger partial charge in [-0.05, 0) is 63.3 Å². The monoisotopic (exact) mass is 780 g/mol. The van der Waals surface area contributed by atoms with Crippen molar-refractivity contribution in [3.63, 3.8) is 0 Å². The third-order valence-electron chi connectivity index (χ3n) is 10.7. The number of hydrogen-bond acceptors (Lipinski definition) is 2.